The predicted octanol–water partition coefficient (Wildman–Crippen LogP) is 5.27. The Balaban J connectivity index is 2.12. The van der Waals surface area contributed by atoms with Crippen molar-refractivity contribution >= 4 is 5.97 Å². The molecule has 2 N–H and O–H groups in total. The van der Waals surface area contributed by atoms with Gasteiger partial charge >= 0.3 is 5.97 Å². The van der Waals surface area contributed by atoms with Gasteiger partial charge in [-0.3, -0.25) is 0 Å². The highest BCUT2D eigenvalue weighted by Gasteiger charge is 2.20. The lowest BCUT2D eigenvalue weighted by Gasteiger charge is -2.26. The van der Waals surface area contributed by atoms with Gasteiger partial charge in [0.1, 0.15) is 0 Å². The summed E-state index contributed by atoms with van der Waals surface area (Å²) in [7, 11) is 0. The van der Waals surface area contributed by atoms with Crippen molar-refractivity contribution in [1.29, 1.82) is 0 Å². The minimum Gasteiger partial charge on any atom is -0.478 e. The first-order chi connectivity index (χ1) is 12.0. The Morgan fingerprint density at radius 3 is 1.69 bits per heavy atom. The molecule has 0 unspecified atom stereocenters. The molecule has 2 aromatic rings. The first-order valence-electron chi connectivity index (χ1n) is 9.15. The zero-order valence-corrected chi connectivity index (χ0v) is 16.8. The van der Waals surface area contributed by atoms with Gasteiger partial charge in [0.05, 0.1) is 5.56 Å². The van der Waals surface area contributed by atoms with E-state index >= 15 is 0 Å². The molecule has 0 saturated heterocycles. The van der Waals surface area contributed by atoms with Crippen molar-refractivity contribution in [2.75, 3.05) is 0 Å². The number of carbonyl (C=O) groups is 1. The molecule has 0 spiro atoms. The molecule has 0 aliphatic carbocycles. The van der Waals surface area contributed by atoms with Gasteiger partial charge in [-0.15, -0.1) is 0 Å². The lowest BCUT2D eigenvalue weighted by Crippen LogP contribution is -2.19. The van der Waals surface area contributed by atoms with Crippen LogP contribution in [0.15, 0.2) is 42.5 Å². The fourth-order valence-electron chi connectivity index (χ4n) is 2.78. The molecule has 0 atom stereocenters. The number of rotatable bonds is 5. The Morgan fingerprint density at radius 2 is 1.27 bits per heavy atom. The molecule has 0 heterocycles. The highest BCUT2D eigenvalue weighted by Crippen LogP contribution is 2.30. The Kier molecular flexibility index (Phi) is 5.92. The van der Waals surface area contributed by atoms with E-state index in [9.17, 15) is 4.79 Å². The molecule has 140 valence electrons. The summed E-state index contributed by atoms with van der Waals surface area (Å²) in [5.74, 6) is -0.891. The number of aromatic carboxylic acids is 1. The fourth-order valence-corrected chi connectivity index (χ4v) is 2.78. The number of nitrogens with one attached hydrogen (secondary N) is 1. The van der Waals surface area contributed by atoms with Crippen LogP contribution in [0.5, 0.6) is 0 Å². The molecule has 26 heavy (non-hydrogen) atoms. The van der Waals surface area contributed by atoms with Gasteiger partial charge in [-0.2, -0.15) is 0 Å². The van der Waals surface area contributed by atoms with Crippen LogP contribution >= 0.6 is 0 Å². The zero-order valence-electron chi connectivity index (χ0n) is 16.8. The van der Waals surface area contributed by atoms with Gasteiger partial charge < -0.3 is 10.4 Å². The van der Waals surface area contributed by atoms with E-state index in [1.54, 1.807) is 12.1 Å². The van der Waals surface area contributed by atoms with Crippen LogP contribution in [0, 0.1) is 0 Å². The highest BCUT2D eigenvalue weighted by atomic mass is 16.4. The van der Waals surface area contributed by atoms with Gasteiger partial charge in [0, 0.05) is 13.1 Å². The van der Waals surface area contributed by atoms with Crippen molar-refractivity contribution < 1.29 is 9.90 Å². The second-order valence-corrected chi connectivity index (χ2v) is 9.02. The maximum Gasteiger partial charge on any atom is 0.335 e. The molecule has 2 rings (SSSR count). The largest absolute Gasteiger partial charge is 0.478 e. The van der Waals surface area contributed by atoms with Crippen LogP contribution in [0.4, 0.5) is 0 Å². The van der Waals surface area contributed by atoms with Crippen molar-refractivity contribution in [3.63, 3.8) is 0 Å². The topological polar surface area (TPSA) is 49.3 Å². The molecule has 3 heteroatoms. The van der Waals surface area contributed by atoms with Crippen molar-refractivity contribution in [3.05, 3.63) is 70.3 Å². The first-order valence-corrected chi connectivity index (χ1v) is 9.15. The maximum absolute atomic E-state index is 10.9. The average molecular weight is 354 g/mol. The molecule has 3 nitrogen and oxygen atoms in total. The van der Waals surface area contributed by atoms with E-state index in [4.69, 9.17) is 5.11 Å². The average Bonchev–Trinajstić information content (AvgIpc) is 2.53. The van der Waals surface area contributed by atoms with Gasteiger partial charge in [-0.1, -0.05) is 71.9 Å². The molecular formula is C23H31NO2. The van der Waals surface area contributed by atoms with Crippen molar-refractivity contribution in [3.8, 4) is 0 Å². The molecular weight excluding hydrogens is 322 g/mol. The summed E-state index contributed by atoms with van der Waals surface area (Å²) in [4.78, 5) is 10.9. The van der Waals surface area contributed by atoms with E-state index < -0.39 is 5.97 Å². The summed E-state index contributed by atoms with van der Waals surface area (Å²) in [6.45, 7) is 15.0. The molecule has 0 aromatic heterocycles. The standard InChI is InChI=1S/C23H31NO2/c1-22(2,3)19-11-17(12-20(13-19)23(4,5)6)15-24-14-16-7-9-18(10-8-16)21(25)26/h7-13,24H,14-15H2,1-6H3,(H,25,26). The van der Waals surface area contributed by atoms with Gasteiger partial charge in [-0.05, 0) is 45.2 Å². The SMILES string of the molecule is CC(C)(C)c1cc(CNCc2ccc(C(=O)O)cc2)cc(C(C)(C)C)c1. The van der Waals surface area contributed by atoms with Crippen LogP contribution in [-0.2, 0) is 23.9 Å². The van der Waals surface area contributed by atoms with Gasteiger partial charge in [0.25, 0.3) is 0 Å². The quantitative estimate of drug-likeness (QED) is 0.770. The van der Waals surface area contributed by atoms with Crippen molar-refractivity contribution in [2.24, 2.45) is 0 Å². The molecule has 0 amide bonds. The number of carboxylic acids is 1. The third kappa shape index (κ3) is 5.43. The predicted molar refractivity (Wildman–Crippen MR) is 108 cm³/mol. The van der Waals surface area contributed by atoms with E-state index in [2.05, 4.69) is 65.1 Å². The monoisotopic (exact) mass is 353 g/mol. The van der Waals surface area contributed by atoms with Crippen LogP contribution in [0.3, 0.4) is 0 Å². The van der Waals surface area contributed by atoms with E-state index in [1.165, 1.54) is 16.7 Å². The minimum atomic E-state index is -0.891. The number of benzene rings is 2. The molecule has 0 bridgehead atoms. The number of hydrogen-bond donors (Lipinski definition) is 2. The fraction of sp³-hybridized carbons (Fsp3) is 0.435. The summed E-state index contributed by atoms with van der Waals surface area (Å²) in [5.41, 5.74) is 5.62. The lowest BCUT2D eigenvalue weighted by molar-refractivity contribution is 0.0697. The van der Waals surface area contributed by atoms with Crippen LogP contribution < -0.4 is 5.32 Å². The van der Waals surface area contributed by atoms with Crippen molar-refractivity contribution in [2.45, 2.75) is 65.5 Å². The summed E-state index contributed by atoms with van der Waals surface area (Å²) in [6, 6.07) is 13.9. The summed E-state index contributed by atoms with van der Waals surface area (Å²) in [6.07, 6.45) is 0. The molecule has 0 radical (unpaired) electrons. The minimum absolute atomic E-state index is 0.114. The number of carboxylic acid groups (broad SMARTS) is 1. The smallest absolute Gasteiger partial charge is 0.335 e. The normalized spacial score (nSPS) is 12.2. The van der Waals surface area contributed by atoms with Crippen LogP contribution in [-0.4, -0.2) is 11.1 Å². The Morgan fingerprint density at radius 1 is 0.808 bits per heavy atom. The summed E-state index contributed by atoms with van der Waals surface area (Å²) < 4.78 is 0. The molecule has 0 aliphatic heterocycles. The van der Waals surface area contributed by atoms with E-state index in [-0.39, 0.29) is 10.8 Å². The Bertz CT molecular complexity index is 730. The summed E-state index contributed by atoms with van der Waals surface area (Å²) in [5, 5.41) is 12.4. The molecule has 0 saturated carbocycles. The van der Waals surface area contributed by atoms with Crippen LogP contribution in [0.1, 0.15) is 74.2 Å². The third-order valence-electron chi connectivity index (χ3n) is 4.58. The zero-order chi connectivity index (χ0) is 19.5. The van der Waals surface area contributed by atoms with E-state index in [0.29, 0.717) is 12.1 Å². The maximum atomic E-state index is 10.9. The molecule has 0 fully saturated rings. The first kappa shape index (κ1) is 20.2. The van der Waals surface area contributed by atoms with Gasteiger partial charge in [0.15, 0.2) is 0 Å². The van der Waals surface area contributed by atoms with Crippen LogP contribution in [0.25, 0.3) is 0 Å². The van der Waals surface area contributed by atoms with E-state index in [1.807, 2.05) is 12.1 Å². The summed E-state index contributed by atoms with van der Waals surface area (Å²) >= 11 is 0. The second-order valence-electron chi connectivity index (χ2n) is 9.02. The lowest BCUT2D eigenvalue weighted by atomic mass is 9.79. The van der Waals surface area contributed by atoms with Gasteiger partial charge in [-0.25, -0.2) is 4.79 Å². The number of hydrogen-bond acceptors (Lipinski definition) is 2. The Hall–Kier alpha value is -2.13. The molecule has 0 aliphatic rings. The molecule has 2 aromatic carbocycles. The second kappa shape index (κ2) is 7.63. The van der Waals surface area contributed by atoms with E-state index in [0.717, 1.165) is 12.1 Å². The third-order valence-corrected chi connectivity index (χ3v) is 4.58. The van der Waals surface area contributed by atoms with Gasteiger partial charge in [0.2, 0.25) is 0 Å². The highest BCUT2D eigenvalue weighted by molar-refractivity contribution is 5.87. The van der Waals surface area contributed by atoms with Crippen molar-refractivity contribution in [1.82, 2.24) is 5.32 Å². The Labute approximate surface area is 157 Å². The van der Waals surface area contributed by atoms with Crippen LogP contribution in [0.2, 0.25) is 0 Å².